The van der Waals surface area contributed by atoms with Crippen molar-refractivity contribution >= 4 is 17.7 Å². The number of carbonyl (C=O) groups excluding carboxylic acids is 3. The molecule has 0 bridgehead atoms. The minimum atomic E-state index is -2.13. The van der Waals surface area contributed by atoms with Crippen molar-refractivity contribution in [2.75, 3.05) is 39.4 Å². The molecular formula is C42H75N3O16. The molecule has 4 aliphatic rings. The molecule has 0 aliphatic heterocycles. The van der Waals surface area contributed by atoms with E-state index < -0.39 is 91.5 Å². The number of nitrogens with one attached hydrogen (secondary N) is 2. The number of nitrogens with zero attached hydrogens (tertiary/aromatic N) is 1. The second-order valence-electron chi connectivity index (χ2n) is 19.1. The molecule has 4 saturated carbocycles. The predicted octanol–water partition coefficient (Wildman–Crippen LogP) is -3.92. The van der Waals surface area contributed by atoms with Crippen LogP contribution in [0.5, 0.6) is 0 Å². The maximum absolute atomic E-state index is 13.9. The Hall–Kier alpha value is -2.11. The third kappa shape index (κ3) is 11.4. The van der Waals surface area contributed by atoms with Gasteiger partial charge in [0, 0.05) is 32.6 Å². The van der Waals surface area contributed by atoms with E-state index in [2.05, 4.69) is 31.4 Å². The van der Waals surface area contributed by atoms with E-state index in [9.17, 15) is 70.6 Å². The second-order valence-corrected chi connectivity index (χ2v) is 19.1. The van der Waals surface area contributed by atoms with Crippen LogP contribution in [-0.2, 0) is 14.4 Å². The molecule has 0 aromatic carbocycles. The van der Waals surface area contributed by atoms with Crippen molar-refractivity contribution < 1.29 is 80.8 Å². The van der Waals surface area contributed by atoms with Crippen LogP contribution in [0.2, 0.25) is 0 Å². The van der Waals surface area contributed by atoms with Gasteiger partial charge in [0.15, 0.2) is 12.2 Å². The number of carbonyl (C=O) groups is 3. The van der Waals surface area contributed by atoms with E-state index in [0.717, 1.165) is 25.7 Å². The standard InChI is InChI=1S/C42H75N3O16/c1-21(24-7-8-25-32-26(18-30(52)42(24,25)3)41(2)11-10-23(48)16-22(41)17-27(32)49)6-9-31(53)45(14-4-12-43-39(60)37(58)35(56)33(54)28(50)19-46)15-5-13-44-40(61)38(59)36(57)34(55)29(51)20-47/h21-30,32-38,46-52,54-59H,4-20H2,1-3H3,(H,43,60)(H,44,61)/t21-,22+,23-,24-,25?,26?,27-,28-,29-,30+,32?,33-,34-,35+,36+,37-,38-,41?,42?/m1/s1. The average molecular weight is 878 g/mol. The zero-order chi connectivity index (χ0) is 45.6. The quantitative estimate of drug-likeness (QED) is 0.0462. The van der Waals surface area contributed by atoms with Gasteiger partial charge in [-0.3, -0.25) is 14.4 Å². The third-order valence-electron chi connectivity index (χ3n) is 15.5. The second kappa shape index (κ2) is 22.2. The van der Waals surface area contributed by atoms with Gasteiger partial charge >= 0.3 is 0 Å². The van der Waals surface area contributed by atoms with E-state index in [1.165, 1.54) is 4.90 Å². The number of aliphatic hydroxyl groups is 13. The molecule has 0 saturated heterocycles. The topological polar surface area (TPSA) is 342 Å². The fraction of sp³-hybridized carbons (Fsp3) is 0.929. The molecule has 4 fully saturated rings. The zero-order valence-corrected chi connectivity index (χ0v) is 35.8. The highest BCUT2D eigenvalue weighted by Crippen LogP contribution is 2.68. The summed E-state index contributed by atoms with van der Waals surface area (Å²) in [5.41, 5.74) is -0.524. The number of fused-ring (bicyclic) bond motifs is 5. The molecule has 19 atom stereocenters. The monoisotopic (exact) mass is 878 g/mol. The zero-order valence-electron chi connectivity index (χ0n) is 35.8. The van der Waals surface area contributed by atoms with E-state index in [1.54, 1.807) is 0 Å². The van der Waals surface area contributed by atoms with E-state index >= 15 is 0 Å². The lowest BCUT2D eigenvalue weighted by Gasteiger charge is -2.63. The molecule has 15 N–H and O–H groups in total. The van der Waals surface area contributed by atoms with E-state index in [0.29, 0.717) is 25.7 Å². The first kappa shape index (κ1) is 51.5. The molecule has 19 nitrogen and oxygen atoms in total. The molecule has 61 heavy (non-hydrogen) atoms. The summed E-state index contributed by atoms with van der Waals surface area (Å²) in [5.74, 6) is -1.73. The van der Waals surface area contributed by atoms with Crippen LogP contribution in [0.25, 0.3) is 0 Å². The Labute approximate surface area is 357 Å². The van der Waals surface area contributed by atoms with Crippen LogP contribution in [0.4, 0.5) is 0 Å². The molecule has 19 heteroatoms. The Bertz CT molecular complexity index is 1380. The average Bonchev–Trinajstić information content (AvgIpc) is 3.61. The van der Waals surface area contributed by atoms with Gasteiger partial charge in [0.1, 0.15) is 36.6 Å². The molecule has 0 spiro atoms. The molecule has 0 radical (unpaired) electrons. The lowest BCUT2D eigenvalue weighted by molar-refractivity contribution is -0.207. The summed E-state index contributed by atoms with van der Waals surface area (Å²) in [6.45, 7) is 4.76. The third-order valence-corrected chi connectivity index (χ3v) is 15.5. The van der Waals surface area contributed by atoms with Crippen molar-refractivity contribution in [3.05, 3.63) is 0 Å². The Morgan fingerprint density at radius 3 is 1.74 bits per heavy atom. The fourth-order valence-electron chi connectivity index (χ4n) is 11.7. The minimum absolute atomic E-state index is 0.0275. The van der Waals surface area contributed by atoms with Crippen molar-refractivity contribution in [2.45, 2.75) is 159 Å². The highest BCUT2D eigenvalue weighted by Gasteiger charge is 2.65. The number of rotatable bonds is 22. The Morgan fingerprint density at radius 2 is 1.23 bits per heavy atom. The van der Waals surface area contributed by atoms with Crippen molar-refractivity contribution in [1.29, 1.82) is 0 Å². The summed E-state index contributed by atoms with van der Waals surface area (Å²) in [6, 6.07) is 0. The molecule has 3 amide bonds. The lowest BCUT2D eigenvalue weighted by atomic mass is 9.43. The van der Waals surface area contributed by atoms with Gasteiger partial charge in [0.2, 0.25) is 5.91 Å². The largest absolute Gasteiger partial charge is 0.394 e. The normalized spacial score (nSPS) is 35.5. The molecule has 0 aromatic heterocycles. The summed E-state index contributed by atoms with van der Waals surface area (Å²) in [6.07, 6.45) is -11.3. The lowest BCUT2D eigenvalue weighted by Crippen LogP contribution is -2.62. The first-order valence-corrected chi connectivity index (χ1v) is 22.2. The van der Waals surface area contributed by atoms with Crippen LogP contribution in [0.15, 0.2) is 0 Å². The summed E-state index contributed by atoms with van der Waals surface area (Å²) < 4.78 is 0. The first-order valence-electron chi connectivity index (χ1n) is 22.2. The molecule has 4 rings (SSSR count). The summed E-state index contributed by atoms with van der Waals surface area (Å²) in [4.78, 5) is 40.3. The van der Waals surface area contributed by atoms with Gasteiger partial charge in [-0.05, 0) is 111 Å². The van der Waals surface area contributed by atoms with Crippen LogP contribution in [0.1, 0.15) is 91.4 Å². The van der Waals surface area contributed by atoms with Crippen molar-refractivity contribution in [3.8, 4) is 0 Å². The maximum Gasteiger partial charge on any atom is 0.251 e. The highest BCUT2D eigenvalue weighted by atomic mass is 16.4. The van der Waals surface area contributed by atoms with E-state index in [-0.39, 0.29) is 98.4 Å². The van der Waals surface area contributed by atoms with Gasteiger partial charge < -0.3 is 81.9 Å². The van der Waals surface area contributed by atoms with Gasteiger partial charge in [0.05, 0.1) is 31.5 Å². The Kier molecular flexibility index (Phi) is 18.7. The molecule has 5 unspecified atom stereocenters. The fourth-order valence-corrected chi connectivity index (χ4v) is 11.7. The molecular weight excluding hydrogens is 802 g/mol. The molecule has 0 aromatic rings. The smallest absolute Gasteiger partial charge is 0.251 e. The minimum Gasteiger partial charge on any atom is -0.394 e. The summed E-state index contributed by atoms with van der Waals surface area (Å²) in [7, 11) is 0. The number of amides is 3. The van der Waals surface area contributed by atoms with Crippen molar-refractivity contribution in [3.63, 3.8) is 0 Å². The van der Waals surface area contributed by atoms with E-state index in [4.69, 9.17) is 10.2 Å². The molecule has 0 heterocycles. The van der Waals surface area contributed by atoms with Crippen LogP contribution in [-0.4, -0.2) is 196 Å². The summed E-state index contributed by atoms with van der Waals surface area (Å²) in [5, 5.41) is 136. The SMILES string of the molecule is C[C@H](CCC(=O)N(CCCNC(=O)[C@H](O)[C@@H](O)[C@H](O)[C@H](O)CO)CCCNC(=O)[C@H](O)[C@@H](O)[C@H](O)[C@H](O)CO)[C@H]1CCC2C3C(C[C@H](O)C21C)C1(C)CC[C@@H](O)C[C@H]1C[C@H]3O. The van der Waals surface area contributed by atoms with E-state index in [1.807, 2.05) is 0 Å². The van der Waals surface area contributed by atoms with Crippen molar-refractivity contribution in [1.82, 2.24) is 15.5 Å². The van der Waals surface area contributed by atoms with Crippen LogP contribution in [0, 0.1) is 46.3 Å². The number of aliphatic hydroxyl groups excluding tert-OH is 13. The van der Waals surface area contributed by atoms with Crippen molar-refractivity contribution in [2.24, 2.45) is 46.3 Å². The van der Waals surface area contributed by atoms with Crippen LogP contribution < -0.4 is 10.6 Å². The molecule has 354 valence electrons. The van der Waals surface area contributed by atoms with Gasteiger partial charge in [-0.25, -0.2) is 0 Å². The van der Waals surface area contributed by atoms with Crippen LogP contribution >= 0.6 is 0 Å². The van der Waals surface area contributed by atoms with Gasteiger partial charge in [0.25, 0.3) is 11.8 Å². The van der Waals surface area contributed by atoms with Gasteiger partial charge in [-0.2, -0.15) is 0 Å². The maximum atomic E-state index is 13.9. The Balaban J connectivity index is 1.37. The number of hydrogen-bond acceptors (Lipinski definition) is 16. The van der Waals surface area contributed by atoms with Gasteiger partial charge in [-0.15, -0.1) is 0 Å². The summed E-state index contributed by atoms with van der Waals surface area (Å²) >= 11 is 0. The van der Waals surface area contributed by atoms with Crippen LogP contribution in [0.3, 0.4) is 0 Å². The first-order chi connectivity index (χ1) is 28.6. The van der Waals surface area contributed by atoms with Gasteiger partial charge in [-0.1, -0.05) is 20.8 Å². The predicted molar refractivity (Wildman–Crippen MR) is 216 cm³/mol. The highest BCUT2D eigenvalue weighted by molar-refractivity contribution is 5.81. The number of hydrogen-bond donors (Lipinski definition) is 15. The molecule has 4 aliphatic carbocycles. The Morgan fingerprint density at radius 1 is 0.705 bits per heavy atom.